The van der Waals surface area contributed by atoms with Crippen LogP contribution in [0.2, 0.25) is 0 Å². The highest BCUT2D eigenvalue weighted by Gasteiger charge is 2.29. The molecule has 0 radical (unpaired) electrons. The summed E-state index contributed by atoms with van der Waals surface area (Å²) in [6.45, 7) is 9.87. The van der Waals surface area contributed by atoms with Crippen molar-refractivity contribution in [2.24, 2.45) is 0 Å². The number of nitrogens with one attached hydrogen (secondary N) is 1. The van der Waals surface area contributed by atoms with Gasteiger partial charge in [0.15, 0.2) is 0 Å². The fraction of sp³-hybridized carbons (Fsp3) is 0.750. The topological polar surface area (TPSA) is 44.3 Å². The van der Waals surface area contributed by atoms with Crippen LogP contribution in [0.5, 0.6) is 0 Å². The number of aromatic nitrogens is 2. The van der Waals surface area contributed by atoms with Gasteiger partial charge in [-0.3, -0.25) is 4.90 Å². The molecule has 0 bridgehead atoms. The molecule has 3 heterocycles. The van der Waals surface area contributed by atoms with Gasteiger partial charge in [0.25, 0.3) is 0 Å². The van der Waals surface area contributed by atoms with E-state index in [0.717, 1.165) is 49.6 Å². The first-order valence-electron chi connectivity index (χ1n) is 8.35. The number of hydrogen-bond acceptors (Lipinski definition) is 5. The second-order valence-electron chi connectivity index (χ2n) is 6.22. The molecule has 1 aromatic heterocycles. The molecule has 1 aromatic rings. The van der Waals surface area contributed by atoms with Crippen LogP contribution in [0.3, 0.4) is 0 Å². The van der Waals surface area contributed by atoms with Crippen molar-refractivity contribution in [2.75, 3.05) is 42.9 Å². The van der Waals surface area contributed by atoms with Crippen molar-refractivity contribution in [3.05, 3.63) is 11.9 Å². The summed E-state index contributed by atoms with van der Waals surface area (Å²) >= 11 is 0. The summed E-state index contributed by atoms with van der Waals surface area (Å²) in [7, 11) is 0. The quantitative estimate of drug-likeness (QED) is 0.921. The SMILES string of the molecule is CCCNc1cc(N2CCCN3CCCC3C2)nc(C)n1. The lowest BCUT2D eigenvalue weighted by atomic mass is 10.2. The zero-order chi connectivity index (χ0) is 14.7. The second kappa shape index (κ2) is 6.60. The van der Waals surface area contributed by atoms with Gasteiger partial charge >= 0.3 is 0 Å². The van der Waals surface area contributed by atoms with E-state index in [0.29, 0.717) is 0 Å². The van der Waals surface area contributed by atoms with Crippen LogP contribution >= 0.6 is 0 Å². The van der Waals surface area contributed by atoms with Crippen molar-refractivity contribution >= 4 is 11.6 Å². The molecule has 0 amide bonds. The van der Waals surface area contributed by atoms with Crippen molar-refractivity contribution in [1.29, 1.82) is 0 Å². The Balaban J connectivity index is 1.76. The summed E-state index contributed by atoms with van der Waals surface area (Å²) in [5, 5.41) is 3.39. The molecule has 5 nitrogen and oxygen atoms in total. The zero-order valence-corrected chi connectivity index (χ0v) is 13.3. The molecule has 5 heteroatoms. The normalized spacial score (nSPS) is 23.0. The van der Waals surface area contributed by atoms with Crippen LogP contribution in [0, 0.1) is 6.92 Å². The van der Waals surface area contributed by atoms with E-state index in [1.165, 1.54) is 32.4 Å². The first-order chi connectivity index (χ1) is 10.3. The average molecular weight is 289 g/mol. The lowest BCUT2D eigenvalue weighted by Crippen LogP contribution is -2.37. The maximum Gasteiger partial charge on any atom is 0.134 e. The molecule has 1 unspecified atom stereocenters. The molecule has 2 saturated heterocycles. The molecule has 1 N–H and O–H groups in total. The highest BCUT2D eigenvalue weighted by molar-refractivity contribution is 5.49. The standard InChI is InChI=1S/C16H27N5/c1-3-7-17-15-11-16(19-13(2)18-15)21-10-5-9-20-8-4-6-14(20)12-21/h11,14H,3-10,12H2,1-2H3,(H,17,18,19). The molecule has 2 aliphatic rings. The lowest BCUT2D eigenvalue weighted by Gasteiger charge is -2.26. The highest BCUT2D eigenvalue weighted by Crippen LogP contribution is 2.25. The summed E-state index contributed by atoms with van der Waals surface area (Å²) in [5.74, 6) is 2.92. The van der Waals surface area contributed by atoms with Crippen LogP contribution < -0.4 is 10.2 Å². The maximum absolute atomic E-state index is 4.68. The number of hydrogen-bond donors (Lipinski definition) is 1. The Hall–Kier alpha value is -1.36. The summed E-state index contributed by atoms with van der Waals surface area (Å²) in [6.07, 6.45) is 5.03. The summed E-state index contributed by atoms with van der Waals surface area (Å²) in [4.78, 5) is 14.3. The van der Waals surface area contributed by atoms with Crippen LogP contribution in [-0.4, -0.2) is 53.6 Å². The van der Waals surface area contributed by atoms with Gasteiger partial charge in [-0.2, -0.15) is 0 Å². The summed E-state index contributed by atoms with van der Waals surface area (Å²) in [5.41, 5.74) is 0. The molecule has 0 spiro atoms. The minimum atomic E-state index is 0.717. The Morgan fingerprint density at radius 1 is 1.24 bits per heavy atom. The molecule has 21 heavy (non-hydrogen) atoms. The number of nitrogens with zero attached hydrogens (tertiary/aromatic N) is 4. The van der Waals surface area contributed by atoms with E-state index in [9.17, 15) is 0 Å². The van der Waals surface area contributed by atoms with E-state index in [4.69, 9.17) is 0 Å². The number of anilines is 2. The molecule has 0 aromatic carbocycles. The van der Waals surface area contributed by atoms with Crippen LogP contribution in [-0.2, 0) is 0 Å². The number of rotatable bonds is 4. The molecule has 1 atom stereocenters. The Bertz CT molecular complexity index is 476. The molecule has 2 aliphatic heterocycles. The van der Waals surface area contributed by atoms with Crippen molar-refractivity contribution < 1.29 is 0 Å². The molecule has 2 fully saturated rings. The third kappa shape index (κ3) is 3.46. The van der Waals surface area contributed by atoms with Gasteiger partial charge in [-0.05, 0) is 39.2 Å². The molecular weight excluding hydrogens is 262 g/mol. The molecular formula is C16H27N5. The van der Waals surface area contributed by atoms with Gasteiger partial charge in [0.1, 0.15) is 17.5 Å². The third-order valence-corrected chi connectivity index (χ3v) is 4.51. The van der Waals surface area contributed by atoms with Crippen LogP contribution in [0.4, 0.5) is 11.6 Å². The van der Waals surface area contributed by atoms with Crippen molar-refractivity contribution in [1.82, 2.24) is 14.9 Å². The predicted octanol–water partition coefficient (Wildman–Crippen LogP) is 2.28. The van der Waals surface area contributed by atoms with Gasteiger partial charge in [-0.1, -0.05) is 6.92 Å². The minimum Gasteiger partial charge on any atom is -0.370 e. The Morgan fingerprint density at radius 3 is 2.95 bits per heavy atom. The van der Waals surface area contributed by atoms with Crippen molar-refractivity contribution in [3.63, 3.8) is 0 Å². The largest absolute Gasteiger partial charge is 0.370 e. The summed E-state index contributed by atoms with van der Waals surface area (Å²) in [6, 6.07) is 2.84. The number of fused-ring (bicyclic) bond motifs is 1. The Kier molecular flexibility index (Phi) is 4.58. The van der Waals surface area contributed by atoms with E-state index >= 15 is 0 Å². The predicted molar refractivity (Wildman–Crippen MR) is 87.0 cm³/mol. The van der Waals surface area contributed by atoms with E-state index in [2.05, 4.69) is 38.1 Å². The van der Waals surface area contributed by atoms with Gasteiger partial charge in [0, 0.05) is 38.3 Å². The summed E-state index contributed by atoms with van der Waals surface area (Å²) < 4.78 is 0. The van der Waals surface area contributed by atoms with Crippen LogP contribution in [0.25, 0.3) is 0 Å². The van der Waals surface area contributed by atoms with Crippen LogP contribution in [0.1, 0.15) is 38.4 Å². The molecule has 3 rings (SSSR count). The first kappa shape index (κ1) is 14.6. The van der Waals surface area contributed by atoms with E-state index in [-0.39, 0.29) is 0 Å². The van der Waals surface area contributed by atoms with E-state index in [1.54, 1.807) is 0 Å². The van der Waals surface area contributed by atoms with Gasteiger partial charge in [-0.25, -0.2) is 9.97 Å². The zero-order valence-electron chi connectivity index (χ0n) is 13.3. The fourth-order valence-electron chi connectivity index (χ4n) is 3.47. The van der Waals surface area contributed by atoms with Gasteiger partial charge in [0.05, 0.1) is 0 Å². The monoisotopic (exact) mass is 289 g/mol. The average Bonchev–Trinajstić information content (AvgIpc) is 2.81. The second-order valence-corrected chi connectivity index (χ2v) is 6.22. The first-order valence-corrected chi connectivity index (χ1v) is 8.35. The molecule has 0 saturated carbocycles. The minimum absolute atomic E-state index is 0.717. The van der Waals surface area contributed by atoms with Gasteiger partial charge in [-0.15, -0.1) is 0 Å². The smallest absolute Gasteiger partial charge is 0.134 e. The van der Waals surface area contributed by atoms with Crippen molar-refractivity contribution in [3.8, 4) is 0 Å². The highest BCUT2D eigenvalue weighted by atomic mass is 15.3. The van der Waals surface area contributed by atoms with Gasteiger partial charge in [0.2, 0.25) is 0 Å². The van der Waals surface area contributed by atoms with Crippen molar-refractivity contribution in [2.45, 2.75) is 45.6 Å². The van der Waals surface area contributed by atoms with Gasteiger partial charge < -0.3 is 10.2 Å². The van der Waals surface area contributed by atoms with Crippen LogP contribution in [0.15, 0.2) is 6.07 Å². The maximum atomic E-state index is 4.68. The van der Waals surface area contributed by atoms with E-state index in [1.807, 2.05) is 6.92 Å². The third-order valence-electron chi connectivity index (χ3n) is 4.51. The fourth-order valence-corrected chi connectivity index (χ4v) is 3.47. The lowest BCUT2D eigenvalue weighted by molar-refractivity contribution is 0.273. The Labute approximate surface area is 127 Å². The molecule has 116 valence electrons. The van der Waals surface area contributed by atoms with E-state index < -0.39 is 0 Å². The Morgan fingerprint density at radius 2 is 2.10 bits per heavy atom. The number of aryl methyl sites for hydroxylation is 1. The molecule has 0 aliphatic carbocycles.